The Balaban J connectivity index is 0.00000228. The molecular weight excluding hydrogens is 513 g/mol. The molecule has 1 amide bonds. The number of carbonyl (C=O) groups is 1. The molecule has 192 valence electrons. The molecule has 4 rings (SSSR count). The number of halogens is 2. The number of carbonyl (C=O) groups excluding carboxylic acids is 1. The van der Waals surface area contributed by atoms with Crippen LogP contribution in [0.5, 0.6) is 0 Å². The molecule has 0 radical (unpaired) electrons. The van der Waals surface area contributed by atoms with Crippen LogP contribution in [0.25, 0.3) is 10.2 Å². The highest BCUT2D eigenvalue weighted by Crippen LogP contribution is 2.43. The van der Waals surface area contributed by atoms with Crippen molar-refractivity contribution in [1.29, 1.82) is 0 Å². The number of hydrogen-bond acceptors (Lipinski definition) is 5. The van der Waals surface area contributed by atoms with Crippen molar-refractivity contribution in [2.24, 2.45) is 0 Å². The number of pyridine rings is 1. The van der Waals surface area contributed by atoms with Gasteiger partial charge in [0.05, 0.1) is 23.2 Å². The molecule has 2 aromatic heterocycles. The number of aryl methyl sites for hydroxylation is 1. The van der Waals surface area contributed by atoms with Crippen LogP contribution in [0.4, 0.5) is 5.69 Å². The van der Waals surface area contributed by atoms with Crippen molar-refractivity contribution in [1.82, 2.24) is 10.3 Å². The summed E-state index contributed by atoms with van der Waals surface area (Å²) in [6, 6.07) is 21.7. The van der Waals surface area contributed by atoms with E-state index in [1.807, 2.05) is 49.4 Å². The molecule has 5 nitrogen and oxygen atoms in total. The molecule has 0 saturated heterocycles. The Morgan fingerprint density at radius 3 is 2.36 bits per heavy atom. The smallest absolute Gasteiger partial charge is 0.255 e. The number of hydrogen-bond donors (Lipinski definition) is 2. The minimum atomic E-state index is -0.133. The molecule has 2 aromatic carbocycles. The van der Waals surface area contributed by atoms with Crippen molar-refractivity contribution in [3.8, 4) is 0 Å². The molecule has 8 heteroatoms. The molecule has 1 unspecified atom stereocenters. The van der Waals surface area contributed by atoms with Gasteiger partial charge in [-0.05, 0) is 49.2 Å². The fourth-order valence-electron chi connectivity index (χ4n) is 4.13. The summed E-state index contributed by atoms with van der Waals surface area (Å²) in [6.45, 7) is 5.51. The second kappa shape index (κ2) is 14.3. The number of aromatic nitrogens is 1. The van der Waals surface area contributed by atoms with Gasteiger partial charge in [0.15, 0.2) is 0 Å². The fourth-order valence-corrected chi connectivity index (χ4v) is 5.46. The zero-order chi connectivity index (χ0) is 23.9. The third-order valence-electron chi connectivity index (χ3n) is 5.75. The van der Waals surface area contributed by atoms with Gasteiger partial charge in [0.1, 0.15) is 4.83 Å². The van der Waals surface area contributed by atoms with E-state index >= 15 is 0 Å². The molecule has 2 heterocycles. The minimum absolute atomic E-state index is 0. The first kappa shape index (κ1) is 29.7. The summed E-state index contributed by atoms with van der Waals surface area (Å²) in [5.74, 6) is -0.133. The lowest BCUT2D eigenvalue weighted by Gasteiger charge is -2.20. The highest BCUT2D eigenvalue weighted by atomic mass is 35.5. The van der Waals surface area contributed by atoms with E-state index in [2.05, 4.69) is 41.8 Å². The minimum Gasteiger partial charge on any atom is -0.380 e. The molecule has 0 fully saturated rings. The summed E-state index contributed by atoms with van der Waals surface area (Å²) in [4.78, 5) is 20.1. The molecule has 0 saturated carbocycles. The molecule has 0 spiro atoms. The normalized spacial score (nSPS) is 11.4. The fraction of sp³-hybridized carbons (Fsp3) is 0.286. The van der Waals surface area contributed by atoms with Crippen LogP contribution >= 0.6 is 36.2 Å². The van der Waals surface area contributed by atoms with E-state index in [1.54, 1.807) is 18.4 Å². The quantitative estimate of drug-likeness (QED) is 0.205. The topological polar surface area (TPSA) is 63.3 Å². The molecule has 0 aliphatic carbocycles. The van der Waals surface area contributed by atoms with E-state index < -0.39 is 0 Å². The highest BCUT2D eigenvalue weighted by molar-refractivity contribution is 7.19. The van der Waals surface area contributed by atoms with Crippen molar-refractivity contribution in [3.05, 3.63) is 94.0 Å². The van der Waals surface area contributed by atoms with Gasteiger partial charge in [-0.2, -0.15) is 0 Å². The first-order valence-electron chi connectivity index (χ1n) is 11.7. The lowest BCUT2D eigenvalue weighted by molar-refractivity contribution is 0.102. The summed E-state index contributed by atoms with van der Waals surface area (Å²) < 4.78 is 5.52. The number of fused-ring (bicyclic) bond motifs is 1. The number of ether oxygens (including phenoxy) is 1. The monoisotopic (exact) mass is 545 g/mol. The van der Waals surface area contributed by atoms with E-state index in [-0.39, 0.29) is 36.8 Å². The van der Waals surface area contributed by atoms with Crippen LogP contribution in [0, 0.1) is 6.92 Å². The first-order valence-corrected chi connectivity index (χ1v) is 12.5. The van der Waals surface area contributed by atoms with Crippen LogP contribution in [0.2, 0.25) is 0 Å². The van der Waals surface area contributed by atoms with Crippen LogP contribution in [-0.2, 0) is 11.3 Å². The van der Waals surface area contributed by atoms with Gasteiger partial charge in [-0.15, -0.1) is 36.2 Å². The van der Waals surface area contributed by atoms with Crippen molar-refractivity contribution >= 4 is 58.0 Å². The zero-order valence-corrected chi connectivity index (χ0v) is 23.2. The van der Waals surface area contributed by atoms with Gasteiger partial charge in [0, 0.05) is 23.8 Å². The Labute approximate surface area is 229 Å². The molecule has 4 aromatic rings. The number of nitrogens with one attached hydrogen (secondary N) is 2. The van der Waals surface area contributed by atoms with Crippen LogP contribution in [0.1, 0.15) is 57.9 Å². The highest BCUT2D eigenvalue weighted by Gasteiger charge is 2.26. The third kappa shape index (κ3) is 6.84. The van der Waals surface area contributed by atoms with Crippen LogP contribution in [0.3, 0.4) is 0 Å². The van der Waals surface area contributed by atoms with Gasteiger partial charge >= 0.3 is 0 Å². The lowest BCUT2D eigenvalue weighted by atomic mass is 10.0. The van der Waals surface area contributed by atoms with E-state index in [4.69, 9.17) is 9.72 Å². The Bertz CT molecular complexity index is 1250. The van der Waals surface area contributed by atoms with E-state index in [0.29, 0.717) is 12.2 Å². The molecule has 1 atom stereocenters. The maximum atomic E-state index is 13.3. The first-order chi connectivity index (χ1) is 16.6. The lowest BCUT2D eigenvalue weighted by Crippen LogP contribution is -2.24. The van der Waals surface area contributed by atoms with E-state index in [1.165, 1.54) is 0 Å². The van der Waals surface area contributed by atoms with Crippen LogP contribution < -0.4 is 10.6 Å². The maximum Gasteiger partial charge on any atom is 0.255 e. The van der Waals surface area contributed by atoms with Crippen LogP contribution in [0.15, 0.2) is 66.7 Å². The second-order valence-electron chi connectivity index (χ2n) is 8.35. The van der Waals surface area contributed by atoms with Gasteiger partial charge in [-0.25, -0.2) is 4.98 Å². The number of amides is 1. The van der Waals surface area contributed by atoms with Crippen molar-refractivity contribution in [3.63, 3.8) is 0 Å². The SMILES string of the molecule is CCCCNC(c1ccccc1)c1sc2nc(C)cc(COC)c2c1NC(=O)c1ccccc1.Cl.Cl. The Morgan fingerprint density at radius 2 is 1.72 bits per heavy atom. The summed E-state index contributed by atoms with van der Waals surface area (Å²) in [5.41, 5.74) is 4.55. The number of unbranched alkanes of at least 4 members (excludes halogenated alkanes) is 1. The zero-order valence-electron chi connectivity index (χ0n) is 20.7. The van der Waals surface area contributed by atoms with Gasteiger partial charge in [-0.3, -0.25) is 4.79 Å². The van der Waals surface area contributed by atoms with Gasteiger partial charge in [0.25, 0.3) is 5.91 Å². The summed E-state index contributed by atoms with van der Waals surface area (Å²) in [5, 5.41) is 7.93. The molecule has 0 bridgehead atoms. The largest absolute Gasteiger partial charge is 0.380 e. The van der Waals surface area contributed by atoms with Gasteiger partial charge in [0.2, 0.25) is 0 Å². The number of rotatable bonds is 10. The van der Waals surface area contributed by atoms with E-state index in [0.717, 1.165) is 57.0 Å². The Morgan fingerprint density at radius 1 is 1.06 bits per heavy atom. The average molecular weight is 547 g/mol. The van der Waals surface area contributed by atoms with Crippen molar-refractivity contribution in [2.45, 2.75) is 39.3 Å². The predicted molar refractivity (Wildman–Crippen MR) is 155 cm³/mol. The number of anilines is 1. The standard InChI is InChI=1S/C28H31N3O2S.2ClH/c1-4-5-16-29-24(20-12-8-6-9-13-20)26-25(31-27(32)21-14-10-7-11-15-21)23-22(18-33-3)17-19(2)30-28(23)34-26;;/h6-15,17,24,29H,4-5,16,18H2,1-3H3,(H,31,32);2*1H. The Kier molecular flexibility index (Phi) is 11.8. The average Bonchev–Trinajstić information content (AvgIpc) is 3.20. The second-order valence-corrected chi connectivity index (χ2v) is 9.38. The maximum absolute atomic E-state index is 13.3. The summed E-state index contributed by atoms with van der Waals surface area (Å²) in [7, 11) is 1.69. The Hall–Kier alpha value is -2.48. The molecule has 0 aliphatic heterocycles. The number of methoxy groups -OCH3 is 1. The number of nitrogens with zero attached hydrogens (tertiary/aromatic N) is 1. The van der Waals surface area contributed by atoms with E-state index in [9.17, 15) is 4.79 Å². The predicted octanol–water partition coefficient (Wildman–Crippen LogP) is 7.33. The number of thiophene rings is 1. The van der Waals surface area contributed by atoms with Gasteiger partial charge < -0.3 is 15.4 Å². The molecule has 0 aliphatic rings. The van der Waals surface area contributed by atoms with Crippen molar-refractivity contribution < 1.29 is 9.53 Å². The molecular formula is C28H33Cl2N3O2S. The summed E-state index contributed by atoms with van der Waals surface area (Å²) >= 11 is 1.63. The van der Waals surface area contributed by atoms with Gasteiger partial charge in [-0.1, -0.05) is 61.9 Å². The third-order valence-corrected chi connectivity index (χ3v) is 6.90. The molecule has 36 heavy (non-hydrogen) atoms. The van der Waals surface area contributed by atoms with Crippen LogP contribution in [-0.4, -0.2) is 24.5 Å². The number of benzene rings is 2. The van der Waals surface area contributed by atoms with Crippen molar-refractivity contribution in [2.75, 3.05) is 19.0 Å². The summed E-state index contributed by atoms with van der Waals surface area (Å²) in [6.07, 6.45) is 2.18. The molecule has 2 N–H and O–H groups in total.